The summed E-state index contributed by atoms with van der Waals surface area (Å²) >= 11 is 0. The molecule has 0 radical (unpaired) electrons. The number of alkyl halides is 3. The molecule has 0 amide bonds. The van der Waals surface area contributed by atoms with Gasteiger partial charge in [0, 0.05) is 43.7 Å². The quantitative estimate of drug-likeness (QED) is 0.485. The van der Waals surface area contributed by atoms with Crippen molar-refractivity contribution >= 4 is 0 Å². The molecule has 2 heterocycles. The van der Waals surface area contributed by atoms with Gasteiger partial charge in [-0.2, -0.15) is 13.2 Å². The van der Waals surface area contributed by atoms with Crippen LogP contribution in [-0.4, -0.2) is 37.3 Å². The van der Waals surface area contributed by atoms with Crippen LogP contribution in [-0.2, 0) is 19.3 Å². The van der Waals surface area contributed by atoms with Gasteiger partial charge in [-0.05, 0) is 36.2 Å². The number of ether oxygens (including phenoxy) is 3. The van der Waals surface area contributed by atoms with Crippen molar-refractivity contribution in [3.05, 3.63) is 77.1 Å². The maximum Gasteiger partial charge on any atom is 0.416 e. The molecule has 2 aromatic carbocycles. The molecule has 3 aromatic rings. The van der Waals surface area contributed by atoms with Gasteiger partial charge in [0.1, 0.15) is 17.2 Å². The molecule has 33 heavy (non-hydrogen) atoms. The van der Waals surface area contributed by atoms with Crippen molar-refractivity contribution in [3.8, 4) is 17.2 Å². The van der Waals surface area contributed by atoms with Gasteiger partial charge in [-0.3, -0.25) is 4.90 Å². The summed E-state index contributed by atoms with van der Waals surface area (Å²) in [6, 6.07) is 12.7. The highest BCUT2D eigenvalue weighted by atomic mass is 19.4. The Morgan fingerprint density at radius 1 is 0.909 bits per heavy atom. The van der Waals surface area contributed by atoms with Crippen LogP contribution in [0.4, 0.5) is 13.2 Å². The Kier molecular flexibility index (Phi) is 6.56. The summed E-state index contributed by atoms with van der Waals surface area (Å²) in [7, 11) is 4.73. The molecular weight excluding hydrogens is 433 g/mol. The van der Waals surface area contributed by atoms with Gasteiger partial charge in [0.15, 0.2) is 0 Å². The van der Waals surface area contributed by atoms with Gasteiger partial charge in [-0.15, -0.1) is 0 Å². The van der Waals surface area contributed by atoms with E-state index in [9.17, 15) is 13.2 Å². The summed E-state index contributed by atoms with van der Waals surface area (Å²) < 4.78 is 59.2. The number of fused-ring (bicyclic) bond motifs is 1. The number of methoxy groups -OCH3 is 3. The first-order valence-electron chi connectivity index (χ1n) is 10.7. The second-order valence-electron chi connectivity index (χ2n) is 7.99. The minimum absolute atomic E-state index is 0.360. The van der Waals surface area contributed by atoms with Crippen LogP contribution in [0.1, 0.15) is 34.8 Å². The monoisotopic (exact) mass is 460 g/mol. The van der Waals surface area contributed by atoms with Crippen LogP contribution >= 0.6 is 0 Å². The summed E-state index contributed by atoms with van der Waals surface area (Å²) in [5, 5.41) is 0. The fourth-order valence-electron chi connectivity index (χ4n) is 4.51. The van der Waals surface area contributed by atoms with Gasteiger partial charge in [-0.1, -0.05) is 12.1 Å². The van der Waals surface area contributed by atoms with E-state index >= 15 is 0 Å². The Hall–Kier alpha value is -3.13. The molecule has 0 saturated heterocycles. The predicted molar refractivity (Wildman–Crippen MR) is 119 cm³/mol. The third-order valence-electron chi connectivity index (χ3n) is 6.06. The van der Waals surface area contributed by atoms with Crippen LogP contribution in [0.2, 0.25) is 0 Å². The minimum Gasteiger partial charge on any atom is -0.496 e. The van der Waals surface area contributed by atoms with Crippen molar-refractivity contribution in [1.29, 1.82) is 0 Å². The van der Waals surface area contributed by atoms with Crippen molar-refractivity contribution < 1.29 is 27.4 Å². The zero-order valence-electron chi connectivity index (χ0n) is 18.9. The number of halogens is 3. The molecule has 1 atom stereocenters. The van der Waals surface area contributed by atoms with Crippen molar-refractivity contribution in [2.45, 2.75) is 31.7 Å². The lowest BCUT2D eigenvalue weighted by atomic mass is 9.98. The van der Waals surface area contributed by atoms with Crippen molar-refractivity contribution in [3.63, 3.8) is 0 Å². The summed E-state index contributed by atoms with van der Waals surface area (Å²) in [5.74, 6) is 1.81. The lowest BCUT2D eigenvalue weighted by Crippen LogP contribution is -2.30. The van der Waals surface area contributed by atoms with Crippen LogP contribution in [0.5, 0.6) is 17.2 Å². The number of aryl methyl sites for hydroxylation is 1. The molecule has 1 unspecified atom stereocenters. The summed E-state index contributed by atoms with van der Waals surface area (Å²) in [6.07, 6.45) is -1.57. The fourth-order valence-corrected chi connectivity index (χ4v) is 4.51. The van der Waals surface area contributed by atoms with Gasteiger partial charge < -0.3 is 18.8 Å². The molecule has 5 nitrogen and oxygen atoms in total. The zero-order chi connectivity index (χ0) is 23.6. The summed E-state index contributed by atoms with van der Waals surface area (Å²) in [4.78, 5) is 2.18. The molecular formula is C25H27F3N2O3. The topological polar surface area (TPSA) is 35.9 Å². The van der Waals surface area contributed by atoms with Gasteiger partial charge in [0.25, 0.3) is 0 Å². The first-order chi connectivity index (χ1) is 15.9. The Labute approximate surface area is 191 Å². The lowest BCUT2D eigenvalue weighted by molar-refractivity contribution is -0.137. The highest BCUT2D eigenvalue weighted by Gasteiger charge is 2.34. The molecule has 0 fully saturated rings. The number of rotatable bonds is 6. The summed E-state index contributed by atoms with van der Waals surface area (Å²) in [6.45, 7) is 1.93. The van der Waals surface area contributed by atoms with E-state index in [1.54, 1.807) is 39.5 Å². The lowest BCUT2D eigenvalue weighted by Gasteiger charge is -2.32. The largest absolute Gasteiger partial charge is 0.496 e. The third kappa shape index (κ3) is 4.66. The number of aromatic nitrogens is 1. The van der Waals surface area contributed by atoms with E-state index in [0.29, 0.717) is 35.9 Å². The van der Waals surface area contributed by atoms with Crippen LogP contribution in [0.15, 0.2) is 54.7 Å². The predicted octanol–water partition coefficient (Wildman–Crippen LogP) is 5.53. The third-order valence-corrected chi connectivity index (χ3v) is 6.06. The first-order valence-corrected chi connectivity index (χ1v) is 10.7. The molecule has 8 heteroatoms. The molecule has 4 rings (SSSR count). The number of hydrogen-bond donors (Lipinski definition) is 0. The second-order valence-corrected chi connectivity index (χ2v) is 7.99. The van der Waals surface area contributed by atoms with E-state index in [1.165, 1.54) is 12.1 Å². The molecule has 0 N–H and O–H groups in total. The molecule has 0 spiro atoms. The van der Waals surface area contributed by atoms with Gasteiger partial charge in [0.05, 0.1) is 38.5 Å². The van der Waals surface area contributed by atoms with Crippen LogP contribution < -0.4 is 14.2 Å². The molecule has 0 aliphatic carbocycles. The van der Waals surface area contributed by atoms with Gasteiger partial charge >= 0.3 is 6.18 Å². The van der Waals surface area contributed by atoms with Crippen LogP contribution in [0, 0.1) is 0 Å². The van der Waals surface area contributed by atoms with Crippen LogP contribution in [0.25, 0.3) is 0 Å². The zero-order valence-corrected chi connectivity index (χ0v) is 18.9. The minimum atomic E-state index is -4.41. The van der Waals surface area contributed by atoms with Gasteiger partial charge in [-0.25, -0.2) is 0 Å². The normalized spacial score (nSPS) is 16.7. The Morgan fingerprint density at radius 3 is 2.27 bits per heavy atom. The molecule has 1 aromatic heterocycles. The molecule has 1 aliphatic heterocycles. The highest BCUT2D eigenvalue weighted by Crippen LogP contribution is 2.40. The Morgan fingerprint density at radius 2 is 1.64 bits per heavy atom. The van der Waals surface area contributed by atoms with Gasteiger partial charge in [0.2, 0.25) is 0 Å². The second kappa shape index (κ2) is 9.39. The van der Waals surface area contributed by atoms with Crippen molar-refractivity contribution in [2.75, 3.05) is 27.9 Å². The smallest absolute Gasteiger partial charge is 0.416 e. The molecule has 0 saturated carbocycles. The maximum absolute atomic E-state index is 13.5. The van der Waals surface area contributed by atoms with E-state index in [2.05, 4.69) is 9.47 Å². The van der Waals surface area contributed by atoms with E-state index in [4.69, 9.17) is 14.2 Å². The maximum atomic E-state index is 13.5. The summed E-state index contributed by atoms with van der Waals surface area (Å²) in [5.41, 5.74) is 1.72. The molecule has 176 valence electrons. The Bertz CT molecular complexity index is 1090. The number of nitrogens with zero attached hydrogens (tertiary/aromatic N) is 2. The highest BCUT2D eigenvalue weighted by molar-refractivity contribution is 5.51. The number of benzene rings is 2. The van der Waals surface area contributed by atoms with E-state index in [1.807, 2.05) is 18.3 Å². The van der Waals surface area contributed by atoms with Crippen molar-refractivity contribution in [1.82, 2.24) is 9.47 Å². The van der Waals surface area contributed by atoms with Crippen LogP contribution in [0.3, 0.4) is 0 Å². The average molecular weight is 460 g/mol. The first kappa shape index (κ1) is 23.0. The standard InChI is InChI=1S/C25H27F3N2O3/c1-31-19-14-22(32-2)20(23(15-19)33-3)16-30-12-6-11-29-10-5-9-21(29)24(30)17-7-4-8-18(13-17)25(26,27)28/h4-5,7-10,13-15,24H,6,11-12,16H2,1-3H3. The molecule has 0 bridgehead atoms. The molecule has 1 aliphatic rings. The SMILES string of the molecule is COc1cc(OC)c(CN2CCCn3cccc3C2c2cccc(C(F)(F)F)c2)c(OC)c1. The van der Waals surface area contributed by atoms with Crippen molar-refractivity contribution in [2.24, 2.45) is 0 Å². The van der Waals surface area contributed by atoms with E-state index in [-0.39, 0.29) is 6.04 Å². The average Bonchev–Trinajstić information content (AvgIpc) is 3.19. The fraction of sp³-hybridized carbons (Fsp3) is 0.360. The van der Waals surface area contributed by atoms with E-state index in [0.717, 1.165) is 30.3 Å². The number of hydrogen-bond acceptors (Lipinski definition) is 4. The Balaban J connectivity index is 1.81. The van der Waals surface area contributed by atoms with E-state index < -0.39 is 11.7 Å².